The Balaban J connectivity index is 5.08. The molecular weight excluding hydrogens is 299 g/mol. The molecule has 0 aromatic carbocycles. The molecule has 0 aliphatic heterocycles. The molecule has 0 aliphatic rings. The second-order valence-electron chi connectivity index (χ2n) is 4.74. The van der Waals surface area contributed by atoms with Gasteiger partial charge in [-0.2, -0.15) is 8.42 Å². The fourth-order valence-electron chi connectivity index (χ4n) is 0.447. The Hall–Kier alpha value is 0.997. The summed E-state index contributed by atoms with van der Waals surface area (Å²) < 4.78 is 25.7. The minimum atomic E-state index is -4.18. The van der Waals surface area contributed by atoms with Gasteiger partial charge >= 0.3 is 13.2 Å². The molecule has 0 aliphatic carbocycles. The first-order valence-electron chi connectivity index (χ1n) is 4.23. The van der Waals surface area contributed by atoms with Gasteiger partial charge in [-0.1, -0.05) is 55.6 Å². The van der Waals surface area contributed by atoms with Crippen LogP contribution in [0.1, 0.15) is 20.8 Å². The SMILES string of the molecule is CC(C)(C)[Si](C)(C)OS(=O)(=O)C(Cl)(Cl)Cl. The minimum absolute atomic E-state index is 0.268. The lowest BCUT2D eigenvalue weighted by atomic mass is 10.2. The van der Waals surface area contributed by atoms with Gasteiger partial charge in [-0.15, -0.1) is 0 Å². The standard InChI is InChI=1S/C7H15Cl3O3SSi/c1-6(2,3)15(4,5)13-14(11,12)7(8,9)10/h1-5H3. The average Bonchev–Trinajstić information content (AvgIpc) is 1.77. The Labute approximate surface area is 107 Å². The Kier molecular flexibility index (Phi) is 4.64. The molecule has 3 nitrogen and oxygen atoms in total. The van der Waals surface area contributed by atoms with Crippen LogP contribution in [0.5, 0.6) is 0 Å². The van der Waals surface area contributed by atoms with Gasteiger partial charge < -0.3 is 3.87 Å². The molecule has 8 heteroatoms. The summed E-state index contributed by atoms with van der Waals surface area (Å²) in [5.74, 6) is 0. The Bertz CT molecular complexity index is 326. The van der Waals surface area contributed by atoms with Crippen molar-refractivity contribution in [2.45, 2.75) is 42.0 Å². The molecule has 0 bridgehead atoms. The third-order valence-corrected chi connectivity index (χ3v) is 10.8. The van der Waals surface area contributed by atoms with Gasteiger partial charge in [0.2, 0.25) is 8.32 Å². The maximum atomic E-state index is 11.5. The zero-order valence-electron chi connectivity index (χ0n) is 9.27. The van der Waals surface area contributed by atoms with Gasteiger partial charge in [0.1, 0.15) is 0 Å². The summed E-state index contributed by atoms with van der Waals surface area (Å²) >= 11 is 16.0. The van der Waals surface area contributed by atoms with Crippen molar-refractivity contribution in [2.75, 3.05) is 0 Å². The molecule has 0 unspecified atom stereocenters. The van der Waals surface area contributed by atoms with Crippen LogP contribution in [-0.4, -0.2) is 19.9 Å². The molecule has 0 saturated heterocycles. The predicted octanol–water partition coefficient (Wildman–Crippen LogP) is 3.67. The highest BCUT2D eigenvalue weighted by molar-refractivity contribution is 7.93. The lowest BCUT2D eigenvalue weighted by molar-refractivity contribution is 0.456. The maximum Gasteiger partial charge on any atom is 0.317 e. The quantitative estimate of drug-likeness (QED) is 0.577. The van der Waals surface area contributed by atoms with Crippen molar-refractivity contribution < 1.29 is 12.3 Å². The number of hydrogen-bond donors (Lipinski definition) is 0. The topological polar surface area (TPSA) is 43.4 Å². The van der Waals surface area contributed by atoms with E-state index in [4.69, 9.17) is 38.7 Å². The molecule has 15 heavy (non-hydrogen) atoms. The molecule has 0 atom stereocenters. The Morgan fingerprint density at radius 1 is 1.07 bits per heavy atom. The maximum absolute atomic E-state index is 11.5. The summed E-state index contributed by atoms with van der Waals surface area (Å²) in [6.45, 7) is 9.22. The first kappa shape index (κ1) is 16.0. The van der Waals surface area contributed by atoms with E-state index in [9.17, 15) is 8.42 Å². The summed E-state index contributed by atoms with van der Waals surface area (Å²) in [6, 6.07) is 0. The van der Waals surface area contributed by atoms with E-state index in [1.54, 1.807) is 13.1 Å². The van der Waals surface area contributed by atoms with Gasteiger partial charge in [0.15, 0.2) is 0 Å². The van der Waals surface area contributed by atoms with Gasteiger partial charge in [-0.3, -0.25) is 0 Å². The van der Waals surface area contributed by atoms with Gasteiger partial charge in [-0.25, -0.2) is 0 Å². The number of rotatable bonds is 2. The van der Waals surface area contributed by atoms with Crippen LogP contribution < -0.4 is 0 Å². The molecule has 0 N–H and O–H groups in total. The smallest absolute Gasteiger partial charge is 0.311 e. The fraction of sp³-hybridized carbons (Fsp3) is 1.00. The third-order valence-electron chi connectivity index (χ3n) is 2.41. The van der Waals surface area contributed by atoms with Crippen LogP contribution in [0.25, 0.3) is 0 Å². The molecule has 0 aromatic rings. The molecule has 0 heterocycles. The largest absolute Gasteiger partial charge is 0.317 e. The normalized spacial score (nSPS) is 15.5. The zero-order valence-corrected chi connectivity index (χ0v) is 13.4. The van der Waals surface area contributed by atoms with Crippen molar-refractivity contribution in [3.05, 3.63) is 0 Å². The molecule has 0 aromatic heterocycles. The van der Waals surface area contributed by atoms with Crippen LogP contribution in [-0.2, 0) is 14.0 Å². The van der Waals surface area contributed by atoms with Crippen LogP contribution in [0.2, 0.25) is 18.1 Å². The summed E-state index contributed by atoms with van der Waals surface area (Å²) in [6.07, 6.45) is 0. The number of alkyl halides is 3. The summed E-state index contributed by atoms with van der Waals surface area (Å²) in [5.41, 5.74) is 0. The monoisotopic (exact) mass is 312 g/mol. The molecule has 0 saturated carbocycles. The van der Waals surface area contributed by atoms with E-state index in [2.05, 4.69) is 0 Å². The zero-order chi connectivity index (χ0) is 12.7. The van der Waals surface area contributed by atoms with Gasteiger partial charge in [0.05, 0.1) is 0 Å². The van der Waals surface area contributed by atoms with E-state index < -0.39 is 21.6 Å². The van der Waals surface area contributed by atoms with E-state index in [0.29, 0.717) is 0 Å². The first-order chi connectivity index (χ1) is 6.21. The van der Waals surface area contributed by atoms with Crippen LogP contribution in [0.3, 0.4) is 0 Å². The van der Waals surface area contributed by atoms with Crippen molar-refractivity contribution in [2.24, 2.45) is 0 Å². The van der Waals surface area contributed by atoms with E-state index in [1.165, 1.54) is 0 Å². The van der Waals surface area contributed by atoms with E-state index in [1.807, 2.05) is 20.8 Å². The fourth-order valence-corrected chi connectivity index (χ4v) is 4.87. The van der Waals surface area contributed by atoms with Gasteiger partial charge in [0.25, 0.3) is 0 Å². The first-order valence-corrected chi connectivity index (χ1v) is 9.68. The average molecular weight is 314 g/mol. The van der Waals surface area contributed by atoms with E-state index >= 15 is 0 Å². The highest BCUT2D eigenvalue weighted by Gasteiger charge is 2.48. The van der Waals surface area contributed by atoms with Crippen LogP contribution in [0, 0.1) is 0 Å². The van der Waals surface area contributed by atoms with E-state index in [-0.39, 0.29) is 5.04 Å². The van der Waals surface area contributed by atoms with Gasteiger partial charge in [-0.05, 0) is 18.1 Å². The van der Waals surface area contributed by atoms with Gasteiger partial charge in [0, 0.05) is 0 Å². The lowest BCUT2D eigenvalue weighted by Gasteiger charge is -2.35. The summed E-state index contributed by atoms with van der Waals surface area (Å²) in [4.78, 5) is 0. The van der Waals surface area contributed by atoms with Crippen LogP contribution in [0.15, 0.2) is 0 Å². The molecule has 0 spiro atoms. The predicted molar refractivity (Wildman–Crippen MR) is 67.5 cm³/mol. The van der Waals surface area contributed by atoms with Crippen molar-refractivity contribution >= 4 is 53.2 Å². The van der Waals surface area contributed by atoms with E-state index in [0.717, 1.165) is 0 Å². The lowest BCUT2D eigenvalue weighted by Crippen LogP contribution is -2.45. The molecule has 0 fully saturated rings. The Morgan fingerprint density at radius 2 is 1.40 bits per heavy atom. The van der Waals surface area contributed by atoms with Crippen LogP contribution >= 0.6 is 34.8 Å². The highest BCUT2D eigenvalue weighted by Crippen LogP contribution is 2.42. The van der Waals surface area contributed by atoms with Crippen molar-refractivity contribution in [1.82, 2.24) is 0 Å². The highest BCUT2D eigenvalue weighted by atomic mass is 35.6. The number of halogens is 3. The van der Waals surface area contributed by atoms with Crippen molar-refractivity contribution in [3.63, 3.8) is 0 Å². The van der Waals surface area contributed by atoms with Crippen molar-refractivity contribution in [1.29, 1.82) is 0 Å². The summed E-state index contributed by atoms with van der Waals surface area (Å²) in [7, 11) is -6.67. The molecule has 0 amide bonds. The Morgan fingerprint density at radius 3 is 1.60 bits per heavy atom. The molecule has 92 valence electrons. The molecular formula is C7H15Cl3O3SSi. The molecule has 0 radical (unpaired) electrons. The molecule has 0 rings (SSSR count). The summed E-state index contributed by atoms with van der Waals surface area (Å²) in [5, 5.41) is -0.268. The third kappa shape index (κ3) is 4.05. The second-order valence-corrected chi connectivity index (χ2v) is 14.4. The van der Waals surface area contributed by atoms with Crippen molar-refractivity contribution in [3.8, 4) is 0 Å². The second kappa shape index (κ2) is 4.35. The van der Waals surface area contributed by atoms with Crippen LogP contribution in [0.4, 0.5) is 0 Å². The minimum Gasteiger partial charge on any atom is -0.311 e. The number of hydrogen-bond acceptors (Lipinski definition) is 3.